The van der Waals surface area contributed by atoms with Crippen LogP contribution in [0.25, 0.3) is 0 Å². The summed E-state index contributed by atoms with van der Waals surface area (Å²) >= 11 is 0. The zero-order valence-corrected chi connectivity index (χ0v) is 11.6. The standard InChI is InChI=1S/C15H22N2O/c1-12-4-5-14(10-13(12)2)11-15(18)17-8-6-16(3)7-9-17/h4-5,10H,6-9,11H2,1-3H3. The second-order valence-corrected chi connectivity index (χ2v) is 5.28. The third-order valence-corrected chi connectivity index (χ3v) is 3.78. The van der Waals surface area contributed by atoms with Crippen LogP contribution in [0.1, 0.15) is 16.7 Å². The highest BCUT2D eigenvalue weighted by Crippen LogP contribution is 2.12. The molecule has 1 heterocycles. The monoisotopic (exact) mass is 246 g/mol. The van der Waals surface area contributed by atoms with Crippen LogP contribution in [-0.2, 0) is 11.2 Å². The van der Waals surface area contributed by atoms with E-state index >= 15 is 0 Å². The predicted octanol–water partition coefficient (Wildman–Crippen LogP) is 1.62. The minimum absolute atomic E-state index is 0.256. The van der Waals surface area contributed by atoms with E-state index in [0.717, 1.165) is 31.7 Å². The number of piperazine rings is 1. The highest BCUT2D eigenvalue weighted by atomic mass is 16.2. The van der Waals surface area contributed by atoms with Gasteiger partial charge in [-0.2, -0.15) is 0 Å². The third kappa shape index (κ3) is 3.10. The Morgan fingerprint density at radius 1 is 1.11 bits per heavy atom. The molecule has 1 aliphatic heterocycles. The third-order valence-electron chi connectivity index (χ3n) is 3.78. The van der Waals surface area contributed by atoms with E-state index in [1.54, 1.807) is 0 Å². The molecule has 0 N–H and O–H groups in total. The van der Waals surface area contributed by atoms with Crippen LogP contribution in [0, 0.1) is 13.8 Å². The quantitative estimate of drug-likeness (QED) is 0.791. The highest BCUT2D eigenvalue weighted by Gasteiger charge is 2.18. The summed E-state index contributed by atoms with van der Waals surface area (Å²) in [5, 5.41) is 0. The molecule has 1 aromatic carbocycles. The van der Waals surface area contributed by atoms with E-state index in [0.29, 0.717) is 6.42 Å². The maximum atomic E-state index is 12.2. The number of likely N-dealkylation sites (N-methyl/N-ethyl adjacent to an activating group) is 1. The van der Waals surface area contributed by atoms with Crippen LogP contribution in [0.3, 0.4) is 0 Å². The Morgan fingerprint density at radius 2 is 1.78 bits per heavy atom. The van der Waals surface area contributed by atoms with Gasteiger partial charge in [0.15, 0.2) is 0 Å². The summed E-state index contributed by atoms with van der Waals surface area (Å²) < 4.78 is 0. The first-order valence-electron chi connectivity index (χ1n) is 6.58. The van der Waals surface area contributed by atoms with Gasteiger partial charge >= 0.3 is 0 Å². The lowest BCUT2D eigenvalue weighted by Gasteiger charge is -2.32. The minimum atomic E-state index is 0.256. The fourth-order valence-electron chi connectivity index (χ4n) is 2.26. The fraction of sp³-hybridized carbons (Fsp3) is 0.533. The summed E-state index contributed by atoms with van der Waals surface area (Å²) in [7, 11) is 2.10. The maximum Gasteiger partial charge on any atom is 0.227 e. The van der Waals surface area contributed by atoms with Crippen molar-refractivity contribution in [2.45, 2.75) is 20.3 Å². The van der Waals surface area contributed by atoms with Crippen LogP contribution in [0.2, 0.25) is 0 Å². The van der Waals surface area contributed by atoms with Gasteiger partial charge in [0.05, 0.1) is 6.42 Å². The number of carbonyl (C=O) groups is 1. The molecule has 18 heavy (non-hydrogen) atoms. The summed E-state index contributed by atoms with van der Waals surface area (Å²) in [6, 6.07) is 6.29. The van der Waals surface area contributed by atoms with Crippen LogP contribution in [0.5, 0.6) is 0 Å². The SMILES string of the molecule is Cc1ccc(CC(=O)N2CCN(C)CC2)cc1C. The Bertz CT molecular complexity index is 434. The zero-order valence-electron chi connectivity index (χ0n) is 11.6. The van der Waals surface area contributed by atoms with Crippen molar-refractivity contribution in [3.05, 3.63) is 34.9 Å². The summed E-state index contributed by atoms with van der Waals surface area (Å²) in [5.74, 6) is 0.256. The van der Waals surface area contributed by atoms with Crippen molar-refractivity contribution in [3.8, 4) is 0 Å². The number of benzene rings is 1. The molecule has 98 valence electrons. The van der Waals surface area contributed by atoms with Crippen molar-refractivity contribution in [2.75, 3.05) is 33.2 Å². The van der Waals surface area contributed by atoms with Crippen molar-refractivity contribution in [1.29, 1.82) is 0 Å². The van der Waals surface area contributed by atoms with Crippen LogP contribution < -0.4 is 0 Å². The van der Waals surface area contributed by atoms with Crippen LogP contribution in [-0.4, -0.2) is 48.9 Å². The van der Waals surface area contributed by atoms with Gasteiger partial charge in [0.25, 0.3) is 0 Å². The molecule has 0 aliphatic carbocycles. The molecule has 1 saturated heterocycles. The number of amides is 1. The lowest BCUT2D eigenvalue weighted by atomic mass is 10.0. The number of rotatable bonds is 2. The molecule has 0 saturated carbocycles. The molecule has 3 nitrogen and oxygen atoms in total. The summed E-state index contributed by atoms with van der Waals surface area (Å²) in [5.41, 5.74) is 3.67. The zero-order chi connectivity index (χ0) is 13.1. The fourth-order valence-corrected chi connectivity index (χ4v) is 2.26. The van der Waals surface area contributed by atoms with Gasteiger partial charge in [0.2, 0.25) is 5.91 Å². The first kappa shape index (κ1) is 13.1. The van der Waals surface area contributed by atoms with E-state index in [2.05, 4.69) is 44.0 Å². The molecule has 1 fully saturated rings. The van der Waals surface area contributed by atoms with Gasteiger partial charge in [0.1, 0.15) is 0 Å². The second-order valence-electron chi connectivity index (χ2n) is 5.28. The smallest absolute Gasteiger partial charge is 0.227 e. The molecular weight excluding hydrogens is 224 g/mol. The number of nitrogens with zero attached hydrogens (tertiary/aromatic N) is 2. The summed E-state index contributed by atoms with van der Waals surface area (Å²) in [6.07, 6.45) is 0.533. The molecule has 0 aromatic heterocycles. The van der Waals surface area contributed by atoms with Gasteiger partial charge in [0, 0.05) is 26.2 Å². The van der Waals surface area contributed by atoms with Crippen molar-refractivity contribution >= 4 is 5.91 Å². The van der Waals surface area contributed by atoms with Crippen LogP contribution in [0.15, 0.2) is 18.2 Å². The molecule has 2 rings (SSSR count). The van der Waals surface area contributed by atoms with Gasteiger partial charge in [-0.1, -0.05) is 18.2 Å². The topological polar surface area (TPSA) is 23.6 Å². The average molecular weight is 246 g/mol. The van der Waals surface area contributed by atoms with Gasteiger partial charge < -0.3 is 9.80 Å². The Morgan fingerprint density at radius 3 is 2.39 bits per heavy atom. The number of hydrogen-bond donors (Lipinski definition) is 0. The summed E-state index contributed by atoms with van der Waals surface area (Å²) in [6.45, 7) is 7.89. The number of hydrogen-bond acceptors (Lipinski definition) is 2. The average Bonchev–Trinajstić information content (AvgIpc) is 2.34. The van der Waals surface area contributed by atoms with Crippen molar-refractivity contribution in [3.63, 3.8) is 0 Å². The molecule has 0 bridgehead atoms. The molecule has 0 atom stereocenters. The second kappa shape index (κ2) is 5.53. The maximum absolute atomic E-state index is 12.2. The molecule has 0 unspecified atom stereocenters. The van der Waals surface area contributed by atoms with Crippen molar-refractivity contribution < 1.29 is 4.79 Å². The Labute approximate surface area is 109 Å². The first-order valence-corrected chi connectivity index (χ1v) is 6.58. The molecule has 0 spiro atoms. The van der Waals surface area contributed by atoms with Crippen LogP contribution in [0.4, 0.5) is 0 Å². The number of aryl methyl sites for hydroxylation is 2. The van der Waals surface area contributed by atoms with Crippen LogP contribution >= 0.6 is 0 Å². The van der Waals surface area contributed by atoms with E-state index < -0.39 is 0 Å². The normalized spacial score (nSPS) is 16.9. The molecular formula is C15H22N2O. The van der Waals surface area contributed by atoms with Gasteiger partial charge in [-0.25, -0.2) is 0 Å². The number of carbonyl (C=O) groups excluding carboxylic acids is 1. The van der Waals surface area contributed by atoms with E-state index in [1.807, 2.05) is 4.90 Å². The molecule has 1 aromatic rings. The van der Waals surface area contributed by atoms with E-state index in [9.17, 15) is 4.79 Å². The van der Waals surface area contributed by atoms with Gasteiger partial charge in [-0.3, -0.25) is 4.79 Å². The molecule has 1 aliphatic rings. The highest BCUT2D eigenvalue weighted by molar-refractivity contribution is 5.79. The molecule has 1 amide bonds. The van der Waals surface area contributed by atoms with Gasteiger partial charge in [-0.15, -0.1) is 0 Å². The Kier molecular flexibility index (Phi) is 4.02. The summed E-state index contributed by atoms with van der Waals surface area (Å²) in [4.78, 5) is 16.4. The lowest BCUT2D eigenvalue weighted by Crippen LogP contribution is -2.47. The molecule has 3 heteroatoms. The van der Waals surface area contributed by atoms with Crippen molar-refractivity contribution in [1.82, 2.24) is 9.80 Å². The van der Waals surface area contributed by atoms with E-state index in [-0.39, 0.29) is 5.91 Å². The lowest BCUT2D eigenvalue weighted by molar-refractivity contribution is -0.132. The van der Waals surface area contributed by atoms with Gasteiger partial charge in [-0.05, 0) is 37.6 Å². The largest absolute Gasteiger partial charge is 0.340 e. The van der Waals surface area contributed by atoms with Crippen molar-refractivity contribution in [2.24, 2.45) is 0 Å². The predicted molar refractivity (Wildman–Crippen MR) is 73.7 cm³/mol. The Hall–Kier alpha value is -1.35. The van der Waals surface area contributed by atoms with E-state index in [4.69, 9.17) is 0 Å². The molecule has 0 radical (unpaired) electrons. The minimum Gasteiger partial charge on any atom is -0.340 e. The van der Waals surface area contributed by atoms with E-state index in [1.165, 1.54) is 11.1 Å². The Balaban J connectivity index is 1.96. The first-order chi connectivity index (χ1) is 8.56.